The molecule has 1 aromatic heterocycles. The maximum atomic E-state index is 12.9. The van der Waals surface area contributed by atoms with Gasteiger partial charge in [0, 0.05) is 22.7 Å². The number of thiazole rings is 1. The number of unbranched alkanes of at least 4 members (excludes halogenated alkanes) is 1. The molecule has 6 nitrogen and oxygen atoms in total. The number of halogens is 4. The molecule has 0 spiro atoms. The van der Waals surface area contributed by atoms with Crippen LogP contribution in [0.4, 0.5) is 18.3 Å². The monoisotopic (exact) mass is 586 g/mol. The number of nitrogens with two attached hydrogens (primary N) is 1. The Morgan fingerprint density at radius 1 is 0.950 bits per heavy atom. The number of carbonyl (C=O) groups is 2. The maximum absolute atomic E-state index is 12.9. The van der Waals surface area contributed by atoms with E-state index in [0.29, 0.717) is 29.4 Å². The Balaban J connectivity index is 1.37. The smallest absolute Gasteiger partial charge is 0.368 e. The number of nitrogens with zero attached hydrogens (tertiary/aromatic N) is 1. The minimum Gasteiger partial charge on any atom is -0.368 e. The highest BCUT2D eigenvalue weighted by atomic mass is 35.5. The van der Waals surface area contributed by atoms with Crippen molar-refractivity contribution in [1.82, 2.24) is 10.3 Å². The van der Waals surface area contributed by atoms with Crippen molar-refractivity contribution in [1.29, 1.82) is 0 Å². The summed E-state index contributed by atoms with van der Waals surface area (Å²) >= 11 is 7.47. The summed E-state index contributed by atoms with van der Waals surface area (Å²) in [5, 5.41) is 6.91. The fourth-order valence-corrected chi connectivity index (χ4v) is 5.19. The lowest BCUT2D eigenvalue weighted by atomic mass is 10.1. The molecule has 0 aliphatic carbocycles. The minimum absolute atomic E-state index is 0.0685. The zero-order chi connectivity index (χ0) is 28.7. The average Bonchev–Trinajstić information content (AvgIpc) is 3.36. The number of rotatable bonds is 11. The second-order valence-electron chi connectivity index (χ2n) is 9.00. The van der Waals surface area contributed by atoms with Gasteiger partial charge in [0.2, 0.25) is 5.91 Å². The Bertz CT molecular complexity index is 1460. The number of alkyl halides is 3. The van der Waals surface area contributed by atoms with Crippen LogP contribution >= 0.6 is 22.9 Å². The second-order valence-corrected chi connectivity index (χ2v) is 10.4. The van der Waals surface area contributed by atoms with Crippen LogP contribution in [0.5, 0.6) is 0 Å². The van der Waals surface area contributed by atoms with Crippen molar-refractivity contribution in [2.75, 3.05) is 11.9 Å². The van der Waals surface area contributed by atoms with E-state index < -0.39 is 29.6 Å². The first-order chi connectivity index (χ1) is 19.1. The number of primary amides is 1. The molecule has 0 fully saturated rings. The van der Waals surface area contributed by atoms with Crippen molar-refractivity contribution >= 4 is 39.9 Å². The minimum atomic E-state index is -4.53. The quantitative estimate of drug-likeness (QED) is 0.165. The first-order valence-electron chi connectivity index (χ1n) is 12.5. The fourth-order valence-electron chi connectivity index (χ4n) is 4.02. The maximum Gasteiger partial charge on any atom is 0.416 e. The molecule has 0 aliphatic heterocycles. The molecule has 3 aromatic carbocycles. The number of hydrogen-bond acceptors (Lipinski definition) is 5. The third-order valence-electron chi connectivity index (χ3n) is 6.08. The van der Waals surface area contributed by atoms with E-state index >= 15 is 0 Å². The van der Waals surface area contributed by atoms with E-state index in [4.69, 9.17) is 22.3 Å². The normalized spacial score (nSPS) is 12.1. The molecular weight excluding hydrogens is 561 g/mol. The first-order valence-corrected chi connectivity index (χ1v) is 13.6. The number of hydrogen-bond donors (Lipinski definition) is 3. The average molecular weight is 587 g/mol. The van der Waals surface area contributed by atoms with E-state index in [1.165, 1.54) is 23.5 Å². The van der Waals surface area contributed by atoms with E-state index in [1.807, 2.05) is 42.5 Å². The van der Waals surface area contributed by atoms with Gasteiger partial charge in [-0.1, -0.05) is 71.5 Å². The lowest BCUT2D eigenvalue weighted by molar-refractivity contribution is -0.137. The Labute approximate surface area is 238 Å². The number of amides is 2. The summed E-state index contributed by atoms with van der Waals surface area (Å²) in [4.78, 5) is 30.2. The van der Waals surface area contributed by atoms with Crippen molar-refractivity contribution in [3.63, 3.8) is 0 Å². The second kappa shape index (κ2) is 13.0. The summed E-state index contributed by atoms with van der Waals surface area (Å²) in [6, 6.07) is 20.7. The van der Waals surface area contributed by atoms with Gasteiger partial charge in [0.05, 0.1) is 16.1 Å². The number of nitrogens with one attached hydrogen (secondary N) is 2. The van der Waals surface area contributed by atoms with Crippen LogP contribution in [0.1, 0.15) is 35.2 Å². The highest BCUT2D eigenvalue weighted by Crippen LogP contribution is 2.39. The van der Waals surface area contributed by atoms with Gasteiger partial charge in [-0.25, -0.2) is 4.98 Å². The summed E-state index contributed by atoms with van der Waals surface area (Å²) in [5.41, 5.74) is 7.30. The van der Waals surface area contributed by atoms with E-state index in [1.54, 1.807) is 12.1 Å². The van der Waals surface area contributed by atoms with Gasteiger partial charge in [0.15, 0.2) is 5.13 Å². The molecule has 4 aromatic rings. The third-order valence-corrected chi connectivity index (χ3v) is 7.37. The standard InChI is InChI=1S/C29H26ClF3N4O2S/c30-22-14-12-18(13-15-22)24-25(19-7-2-1-3-8-19)40-28(37-24)36-23(26(34)38)11-4-5-16-35-27(39)20-9-6-10-21(17-20)29(31,32)33/h1-3,6-10,12-15,17,23H,4-5,11,16H2,(H2,34,38)(H,35,39)(H,36,37)/t23-/m0/s1. The molecule has 40 heavy (non-hydrogen) atoms. The van der Waals surface area contributed by atoms with Crippen molar-refractivity contribution in [2.24, 2.45) is 5.73 Å². The molecule has 0 saturated heterocycles. The van der Waals surface area contributed by atoms with Crippen molar-refractivity contribution in [2.45, 2.75) is 31.5 Å². The molecular formula is C29H26ClF3N4O2S. The number of carbonyl (C=O) groups excluding carboxylic acids is 2. The molecule has 2 amide bonds. The van der Waals surface area contributed by atoms with Crippen LogP contribution in [0.3, 0.4) is 0 Å². The van der Waals surface area contributed by atoms with Gasteiger partial charge in [-0.3, -0.25) is 9.59 Å². The molecule has 4 rings (SSSR count). The molecule has 4 N–H and O–H groups in total. The van der Waals surface area contributed by atoms with Crippen LogP contribution in [0.25, 0.3) is 21.7 Å². The predicted octanol–water partition coefficient (Wildman–Crippen LogP) is 7.02. The molecule has 0 saturated carbocycles. The molecule has 0 radical (unpaired) electrons. The molecule has 1 atom stereocenters. The fraction of sp³-hybridized carbons (Fsp3) is 0.207. The topological polar surface area (TPSA) is 97.1 Å². The van der Waals surface area contributed by atoms with Crippen molar-refractivity contribution in [3.8, 4) is 21.7 Å². The Kier molecular flexibility index (Phi) is 9.44. The highest BCUT2D eigenvalue weighted by Gasteiger charge is 2.30. The van der Waals surface area contributed by atoms with Gasteiger partial charge in [-0.05, 0) is 55.2 Å². The largest absolute Gasteiger partial charge is 0.416 e. The first kappa shape index (κ1) is 29.1. The van der Waals surface area contributed by atoms with Crippen LogP contribution in [-0.2, 0) is 11.0 Å². The Hall–Kier alpha value is -3.89. The number of aromatic nitrogens is 1. The predicted molar refractivity (Wildman–Crippen MR) is 152 cm³/mol. The van der Waals surface area contributed by atoms with E-state index in [0.717, 1.165) is 33.8 Å². The molecule has 11 heteroatoms. The van der Waals surface area contributed by atoms with Crippen LogP contribution in [0, 0.1) is 0 Å². The van der Waals surface area contributed by atoms with E-state index in [2.05, 4.69) is 10.6 Å². The Morgan fingerprint density at radius 3 is 2.35 bits per heavy atom. The van der Waals surface area contributed by atoms with Gasteiger partial charge in [0.25, 0.3) is 5.91 Å². The van der Waals surface area contributed by atoms with Crippen molar-refractivity contribution in [3.05, 3.63) is 95.0 Å². The third kappa shape index (κ3) is 7.61. The summed E-state index contributed by atoms with van der Waals surface area (Å²) < 4.78 is 38.7. The summed E-state index contributed by atoms with van der Waals surface area (Å²) in [7, 11) is 0. The molecule has 0 aliphatic rings. The summed E-state index contributed by atoms with van der Waals surface area (Å²) in [6.45, 7) is 0.233. The zero-order valence-corrected chi connectivity index (χ0v) is 22.7. The summed E-state index contributed by atoms with van der Waals surface area (Å²) in [5.74, 6) is -1.14. The number of benzene rings is 3. The lowest BCUT2D eigenvalue weighted by Gasteiger charge is -2.14. The van der Waals surface area contributed by atoms with Gasteiger partial charge in [-0.15, -0.1) is 0 Å². The van der Waals surface area contributed by atoms with Crippen LogP contribution in [0.15, 0.2) is 78.9 Å². The van der Waals surface area contributed by atoms with Gasteiger partial charge in [-0.2, -0.15) is 13.2 Å². The Morgan fingerprint density at radius 2 is 1.68 bits per heavy atom. The number of anilines is 1. The SMILES string of the molecule is NC(=O)[C@H](CCCCNC(=O)c1cccc(C(F)(F)F)c1)Nc1nc(-c2ccc(Cl)cc2)c(-c2ccccc2)s1. The molecule has 0 unspecified atom stereocenters. The lowest BCUT2D eigenvalue weighted by Crippen LogP contribution is -2.35. The van der Waals surface area contributed by atoms with Gasteiger partial charge in [0.1, 0.15) is 6.04 Å². The van der Waals surface area contributed by atoms with E-state index in [-0.39, 0.29) is 12.1 Å². The van der Waals surface area contributed by atoms with Crippen molar-refractivity contribution < 1.29 is 22.8 Å². The zero-order valence-electron chi connectivity index (χ0n) is 21.2. The van der Waals surface area contributed by atoms with Gasteiger partial charge >= 0.3 is 6.18 Å². The molecule has 1 heterocycles. The van der Waals surface area contributed by atoms with Crippen LogP contribution in [-0.4, -0.2) is 29.4 Å². The summed E-state index contributed by atoms with van der Waals surface area (Å²) in [6.07, 6.45) is -3.11. The van der Waals surface area contributed by atoms with Crippen LogP contribution < -0.4 is 16.4 Å². The molecule has 208 valence electrons. The van der Waals surface area contributed by atoms with Crippen LogP contribution in [0.2, 0.25) is 5.02 Å². The highest BCUT2D eigenvalue weighted by molar-refractivity contribution is 7.19. The van der Waals surface area contributed by atoms with Gasteiger partial charge < -0.3 is 16.4 Å². The molecule has 0 bridgehead atoms. The van der Waals surface area contributed by atoms with E-state index in [9.17, 15) is 22.8 Å².